The Hall–Kier alpha value is -2.48. The molecule has 1 aromatic carbocycles. The van der Waals surface area contributed by atoms with Gasteiger partial charge in [-0.15, -0.1) is 0 Å². The first-order valence-corrected chi connectivity index (χ1v) is 5.35. The number of carboxylic acid groups (broad SMARTS) is 1. The fraction of sp³-hybridized carbons (Fsp3) is 0.231. The van der Waals surface area contributed by atoms with Crippen LogP contribution in [-0.4, -0.2) is 24.3 Å². The van der Waals surface area contributed by atoms with E-state index in [0.29, 0.717) is 23.7 Å². The number of hydrogen-bond acceptors (Lipinski definition) is 4. The topological polar surface area (TPSA) is 79.6 Å². The van der Waals surface area contributed by atoms with Crippen molar-refractivity contribution in [2.45, 2.75) is 6.92 Å². The quantitative estimate of drug-likeness (QED) is 0.778. The zero-order valence-electron chi connectivity index (χ0n) is 9.92. The molecule has 5 heteroatoms. The van der Waals surface area contributed by atoms with Gasteiger partial charge >= 0.3 is 5.97 Å². The van der Waals surface area contributed by atoms with Crippen LogP contribution in [0.1, 0.15) is 12.5 Å². The van der Waals surface area contributed by atoms with Crippen molar-refractivity contribution in [1.82, 2.24) is 0 Å². The number of carbonyl (C=O) groups is 1. The van der Waals surface area contributed by atoms with E-state index in [1.807, 2.05) is 13.0 Å². The van der Waals surface area contributed by atoms with Crippen LogP contribution in [0.4, 0.5) is 0 Å². The van der Waals surface area contributed by atoms with Crippen LogP contribution < -0.4 is 9.47 Å². The van der Waals surface area contributed by atoms with Crippen LogP contribution in [0.2, 0.25) is 0 Å². The van der Waals surface area contributed by atoms with E-state index in [9.17, 15) is 4.79 Å². The van der Waals surface area contributed by atoms with E-state index in [2.05, 4.69) is 0 Å². The third-order valence-electron chi connectivity index (χ3n) is 2.00. The molecular formula is C13H13NO4. The second kappa shape index (κ2) is 6.97. The van der Waals surface area contributed by atoms with Crippen LogP contribution in [0.25, 0.3) is 6.08 Å². The van der Waals surface area contributed by atoms with Gasteiger partial charge < -0.3 is 14.6 Å². The van der Waals surface area contributed by atoms with Gasteiger partial charge in [0.25, 0.3) is 0 Å². The third kappa shape index (κ3) is 3.83. The Morgan fingerprint density at radius 2 is 2.28 bits per heavy atom. The highest BCUT2D eigenvalue weighted by Crippen LogP contribution is 2.32. The summed E-state index contributed by atoms with van der Waals surface area (Å²) in [6.45, 7) is 2.15. The predicted octanol–water partition coefficient (Wildman–Crippen LogP) is 2.09. The molecule has 0 saturated heterocycles. The van der Waals surface area contributed by atoms with Gasteiger partial charge in [-0.3, -0.25) is 0 Å². The number of ether oxygens (including phenoxy) is 2. The average molecular weight is 247 g/mol. The van der Waals surface area contributed by atoms with E-state index < -0.39 is 5.97 Å². The molecule has 0 aliphatic rings. The highest BCUT2D eigenvalue weighted by molar-refractivity contribution is 5.86. The minimum Gasteiger partial charge on any atom is -0.490 e. The zero-order valence-corrected chi connectivity index (χ0v) is 9.92. The zero-order chi connectivity index (χ0) is 13.4. The minimum absolute atomic E-state index is 0.127. The molecule has 0 aliphatic carbocycles. The standard InChI is InChI=1S/C13H13NO4/c1-2-17-11-5-3-4-10(6-7-12(15)16)13(11)18-9-8-14/h3-7H,2,9H2,1H3,(H,15,16)/b7-6+. The van der Waals surface area contributed by atoms with Gasteiger partial charge in [0.1, 0.15) is 6.07 Å². The largest absolute Gasteiger partial charge is 0.490 e. The Morgan fingerprint density at radius 3 is 2.89 bits per heavy atom. The van der Waals surface area contributed by atoms with Crippen LogP contribution >= 0.6 is 0 Å². The number of aliphatic carboxylic acids is 1. The van der Waals surface area contributed by atoms with Crippen molar-refractivity contribution in [1.29, 1.82) is 5.26 Å². The van der Waals surface area contributed by atoms with Gasteiger partial charge in [0, 0.05) is 11.6 Å². The molecule has 0 saturated carbocycles. The second-order valence-corrected chi connectivity index (χ2v) is 3.23. The molecule has 1 N–H and O–H groups in total. The molecule has 0 bridgehead atoms. The van der Waals surface area contributed by atoms with E-state index >= 15 is 0 Å². The van der Waals surface area contributed by atoms with E-state index in [1.54, 1.807) is 18.2 Å². The molecule has 0 radical (unpaired) electrons. The molecule has 0 amide bonds. The molecular weight excluding hydrogens is 234 g/mol. The van der Waals surface area contributed by atoms with Gasteiger partial charge in [-0.05, 0) is 19.1 Å². The maximum absolute atomic E-state index is 10.5. The number of rotatable bonds is 6. The normalized spacial score (nSPS) is 10.0. The molecule has 0 aromatic heterocycles. The van der Waals surface area contributed by atoms with Crippen molar-refractivity contribution in [2.75, 3.05) is 13.2 Å². The van der Waals surface area contributed by atoms with Gasteiger partial charge in [-0.1, -0.05) is 12.1 Å². The van der Waals surface area contributed by atoms with Gasteiger partial charge in [0.15, 0.2) is 18.1 Å². The maximum Gasteiger partial charge on any atom is 0.328 e. The summed E-state index contributed by atoms with van der Waals surface area (Å²) in [5.41, 5.74) is 0.554. The number of hydrogen-bond donors (Lipinski definition) is 1. The highest BCUT2D eigenvalue weighted by atomic mass is 16.5. The molecule has 18 heavy (non-hydrogen) atoms. The fourth-order valence-corrected chi connectivity index (χ4v) is 1.35. The van der Waals surface area contributed by atoms with E-state index in [4.69, 9.17) is 19.8 Å². The molecule has 0 atom stereocenters. The Kier molecular flexibility index (Phi) is 5.26. The maximum atomic E-state index is 10.5. The number of para-hydroxylation sites is 1. The van der Waals surface area contributed by atoms with Crippen LogP contribution in [0.15, 0.2) is 24.3 Å². The molecule has 0 fully saturated rings. The van der Waals surface area contributed by atoms with Crippen molar-refractivity contribution in [3.05, 3.63) is 29.8 Å². The summed E-state index contributed by atoms with van der Waals surface area (Å²) in [6, 6.07) is 6.98. The Bertz CT molecular complexity index is 488. The van der Waals surface area contributed by atoms with Gasteiger partial charge in [0.2, 0.25) is 0 Å². The molecule has 0 heterocycles. The summed E-state index contributed by atoms with van der Waals surface area (Å²) in [5.74, 6) is -0.193. The first kappa shape index (κ1) is 13.6. The molecule has 1 aromatic rings. The minimum atomic E-state index is -1.05. The summed E-state index contributed by atoms with van der Waals surface area (Å²) >= 11 is 0. The Balaban J connectivity index is 3.10. The summed E-state index contributed by atoms with van der Waals surface area (Å²) in [7, 11) is 0. The molecule has 0 spiro atoms. The Labute approximate surface area is 105 Å². The van der Waals surface area contributed by atoms with Crippen molar-refractivity contribution in [3.63, 3.8) is 0 Å². The van der Waals surface area contributed by atoms with Crippen LogP contribution in [-0.2, 0) is 4.79 Å². The molecule has 5 nitrogen and oxygen atoms in total. The van der Waals surface area contributed by atoms with Crippen molar-refractivity contribution < 1.29 is 19.4 Å². The van der Waals surface area contributed by atoms with Crippen LogP contribution in [0.3, 0.4) is 0 Å². The van der Waals surface area contributed by atoms with E-state index in [0.717, 1.165) is 6.08 Å². The predicted molar refractivity (Wildman–Crippen MR) is 65.4 cm³/mol. The Morgan fingerprint density at radius 1 is 1.50 bits per heavy atom. The first-order chi connectivity index (χ1) is 8.69. The van der Waals surface area contributed by atoms with Crippen molar-refractivity contribution in [3.8, 4) is 17.6 Å². The lowest BCUT2D eigenvalue weighted by Gasteiger charge is -2.12. The van der Waals surface area contributed by atoms with Crippen LogP contribution in [0, 0.1) is 11.3 Å². The van der Waals surface area contributed by atoms with E-state index in [1.165, 1.54) is 6.08 Å². The molecule has 0 unspecified atom stereocenters. The molecule has 1 rings (SSSR count). The smallest absolute Gasteiger partial charge is 0.328 e. The SMILES string of the molecule is CCOc1cccc(/C=C/C(=O)O)c1OCC#N. The molecule has 94 valence electrons. The number of nitrogens with zero attached hydrogens (tertiary/aromatic N) is 1. The first-order valence-electron chi connectivity index (χ1n) is 5.35. The van der Waals surface area contributed by atoms with Gasteiger partial charge in [-0.25, -0.2) is 4.79 Å². The molecule has 0 aliphatic heterocycles. The highest BCUT2D eigenvalue weighted by Gasteiger charge is 2.09. The summed E-state index contributed by atoms with van der Waals surface area (Å²) in [6.07, 6.45) is 2.40. The summed E-state index contributed by atoms with van der Waals surface area (Å²) in [4.78, 5) is 10.5. The van der Waals surface area contributed by atoms with Gasteiger partial charge in [0.05, 0.1) is 6.61 Å². The average Bonchev–Trinajstić information content (AvgIpc) is 2.35. The number of nitriles is 1. The lowest BCUT2D eigenvalue weighted by molar-refractivity contribution is -0.131. The second-order valence-electron chi connectivity index (χ2n) is 3.23. The van der Waals surface area contributed by atoms with Gasteiger partial charge in [-0.2, -0.15) is 5.26 Å². The number of benzene rings is 1. The number of carboxylic acids is 1. The third-order valence-corrected chi connectivity index (χ3v) is 2.00. The van der Waals surface area contributed by atoms with Crippen molar-refractivity contribution >= 4 is 12.0 Å². The monoisotopic (exact) mass is 247 g/mol. The van der Waals surface area contributed by atoms with E-state index in [-0.39, 0.29) is 6.61 Å². The van der Waals surface area contributed by atoms with Crippen molar-refractivity contribution in [2.24, 2.45) is 0 Å². The fourth-order valence-electron chi connectivity index (χ4n) is 1.35. The van der Waals surface area contributed by atoms with Crippen LogP contribution in [0.5, 0.6) is 11.5 Å². The lowest BCUT2D eigenvalue weighted by Crippen LogP contribution is -2.01. The lowest BCUT2D eigenvalue weighted by atomic mass is 10.1. The summed E-state index contributed by atoms with van der Waals surface area (Å²) in [5, 5.41) is 17.1. The summed E-state index contributed by atoms with van der Waals surface area (Å²) < 4.78 is 10.6.